The van der Waals surface area contributed by atoms with Crippen molar-refractivity contribution in [3.8, 4) is 0 Å². The van der Waals surface area contributed by atoms with Gasteiger partial charge in [0.15, 0.2) is 0 Å². The predicted octanol–water partition coefficient (Wildman–Crippen LogP) is 1.91. The van der Waals surface area contributed by atoms with Crippen LogP contribution < -0.4 is 21.4 Å². The highest BCUT2D eigenvalue weighted by atomic mass is 16.2. The summed E-state index contributed by atoms with van der Waals surface area (Å²) in [5.41, 5.74) is 3.45. The highest BCUT2D eigenvalue weighted by Gasteiger charge is 2.20. The average Bonchev–Trinajstić information content (AvgIpc) is 2.68. The Morgan fingerprint density at radius 2 is 1.55 bits per heavy atom. The first-order valence-electron chi connectivity index (χ1n) is 9.65. The molecule has 29 heavy (non-hydrogen) atoms. The van der Waals surface area contributed by atoms with Crippen molar-refractivity contribution in [2.75, 3.05) is 10.6 Å². The van der Waals surface area contributed by atoms with Crippen molar-refractivity contribution >= 4 is 40.7 Å². The monoisotopic (exact) mass is 401 g/mol. The lowest BCUT2D eigenvalue weighted by Gasteiger charge is -2.22. The van der Waals surface area contributed by atoms with Gasteiger partial charge in [-0.3, -0.25) is 19.2 Å². The molecule has 156 valence electrons. The zero-order valence-electron chi connectivity index (χ0n) is 16.7. The third-order valence-corrected chi connectivity index (χ3v) is 4.42. The zero-order chi connectivity index (χ0) is 21.2. The number of carbonyl (C=O) groups excluding carboxylic acids is 4. The van der Waals surface area contributed by atoms with Crippen LogP contribution in [0.15, 0.2) is 29.4 Å². The smallest absolute Gasteiger partial charge is 0.329 e. The van der Waals surface area contributed by atoms with Gasteiger partial charge in [0.1, 0.15) is 0 Å². The van der Waals surface area contributed by atoms with Crippen molar-refractivity contribution in [3.05, 3.63) is 24.3 Å². The summed E-state index contributed by atoms with van der Waals surface area (Å²) in [5.74, 6) is -2.20. The first-order chi connectivity index (χ1) is 13.8. The van der Waals surface area contributed by atoms with Crippen LogP contribution in [0.4, 0.5) is 11.4 Å². The summed E-state index contributed by atoms with van der Waals surface area (Å²) in [5, 5.41) is 11.8. The Kier molecular flexibility index (Phi) is 8.32. The molecule has 0 spiro atoms. The number of rotatable bonds is 6. The second-order valence-electron chi connectivity index (χ2n) is 7.05. The lowest BCUT2D eigenvalue weighted by atomic mass is 9.95. The highest BCUT2D eigenvalue weighted by molar-refractivity contribution is 6.35. The Bertz CT molecular complexity index is 800. The fraction of sp³-hybridized carbons (Fsp3) is 0.450. The summed E-state index contributed by atoms with van der Waals surface area (Å²) >= 11 is 0. The van der Waals surface area contributed by atoms with Crippen LogP contribution >= 0.6 is 0 Å². The quantitative estimate of drug-likeness (QED) is 0.330. The molecule has 2 rings (SSSR count). The van der Waals surface area contributed by atoms with E-state index in [1.807, 2.05) is 0 Å². The molecule has 1 fully saturated rings. The van der Waals surface area contributed by atoms with Crippen LogP contribution in [-0.2, 0) is 19.2 Å². The van der Waals surface area contributed by atoms with Gasteiger partial charge in [-0.05, 0) is 31.9 Å². The van der Waals surface area contributed by atoms with Gasteiger partial charge < -0.3 is 16.0 Å². The molecule has 0 aromatic heterocycles. The van der Waals surface area contributed by atoms with Crippen LogP contribution in [0.1, 0.15) is 52.4 Å². The maximum absolute atomic E-state index is 12.2. The van der Waals surface area contributed by atoms with Gasteiger partial charge in [0, 0.05) is 18.7 Å². The minimum absolute atomic E-state index is 0.0292. The van der Waals surface area contributed by atoms with Gasteiger partial charge in [-0.15, -0.1) is 0 Å². The fourth-order valence-electron chi connectivity index (χ4n) is 3.05. The lowest BCUT2D eigenvalue weighted by Crippen LogP contribution is -2.44. The van der Waals surface area contributed by atoms with Crippen molar-refractivity contribution in [1.82, 2.24) is 10.7 Å². The number of para-hydroxylation sites is 2. The Hall–Kier alpha value is -3.23. The van der Waals surface area contributed by atoms with Gasteiger partial charge in [0.25, 0.3) is 0 Å². The number of hydrazone groups is 1. The third-order valence-electron chi connectivity index (χ3n) is 4.42. The van der Waals surface area contributed by atoms with Crippen LogP contribution in [0.2, 0.25) is 0 Å². The van der Waals surface area contributed by atoms with E-state index in [0.29, 0.717) is 17.1 Å². The van der Waals surface area contributed by atoms with E-state index in [1.54, 1.807) is 31.2 Å². The zero-order valence-corrected chi connectivity index (χ0v) is 16.7. The molecule has 0 radical (unpaired) electrons. The Morgan fingerprint density at radius 1 is 0.931 bits per heavy atom. The molecule has 1 saturated carbocycles. The molecule has 0 bridgehead atoms. The van der Waals surface area contributed by atoms with Crippen molar-refractivity contribution in [2.24, 2.45) is 5.10 Å². The average molecular weight is 401 g/mol. The summed E-state index contributed by atoms with van der Waals surface area (Å²) in [4.78, 5) is 47.2. The van der Waals surface area contributed by atoms with Gasteiger partial charge in [0.05, 0.1) is 17.8 Å². The Labute approximate surface area is 169 Å². The standard InChI is InChI=1S/C20H27N5O4/c1-13(24-25-20(29)19(28)22-15-8-4-3-5-9-15)12-18(27)23-17-11-7-6-10-16(17)21-14(2)26/h6-7,10-11,15H,3-5,8-9,12H2,1-2H3,(H,21,26)(H,22,28)(H,23,27)(H,25,29)/b24-13-. The summed E-state index contributed by atoms with van der Waals surface area (Å²) in [6.07, 6.45) is 4.91. The van der Waals surface area contributed by atoms with E-state index in [2.05, 4.69) is 26.5 Å². The number of hydrogen-bond donors (Lipinski definition) is 4. The summed E-state index contributed by atoms with van der Waals surface area (Å²) < 4.78 is 0. The van der Waals surface area contributed by atoms with Crippen molar-refractivity contribution < 1.29 is 19.2 Å². The maximum Gasteiger partial charge on any atom is 0.329 e. The van der Waals surface area contributed by atoms with Crippen molar-refractivity contribution in [3.63, 3.8) is 0 Å². The van der Waals surface area contributed by atoms with Gasteiger partial charge in [0.2, 0.25) is 11.8 Å². The number of nitrogens with one attached hydrogen (secondary N) is 4. The van der Waals surface area contributed by atoms with E-state index in [1.165, 1.54) is 6.92 Å². The Balaban J connectivity index is 1.82. The molecule has 4 amide bonds. The second kappa shape index (κ2) is 10.9. The molecule has 0 saturated heterocycles. The first kappa shape index (κ1) is 22.1. The molecule has 1 aliphatic rings. The molecular weight excluding hydrogens is 374 g/mol. The highest BCUT2D eigenvalue weighted by Crippen LogP contribution is 2.21. The van der Waals surface area contributed by atoms with Crippen LogP contribution in [0.3, 0.4) is 0 Å². The molecule has 0 heterocycles. The number of amides is 4. The minimum atomic E-state index is -0.855. The molecule has 9 heteroatoms. The maximum atomic E-state index is 12.2. The van der Waals surface area contributed by atoms with E-state index >= 15 is 0 Å². The summed E-state index contributed by atoms with van der Waals surface area (Å²) in [7, 11) is 0. The first-order valence-corrected chi connectivity index (χ1v) is 9.65. The molecule has 1 aliphatic carbocycles. The summed E-state index contributed by atoms with van der Waals surface area (Å²) in [6.45, 7) is 2.95. The number of benzene rings is 1. The number of carbonyl (C=O) groups is 4. The van der Waals surface area contributed by atoms with Gasteiger partial charge in [-0.25, -0.2) is 5.43 Å². The van der Waals surface area contributed by atoms with Crippen LogP contribution in [0.25, 0.3) is 0 Å². The molecule has 0 unspecified atom stereocenters. The Morgan fingerprint density at radius 3 is 2.17 bits per heavy atom. The van der Waals surface area contributed by atoms with E-state index < -0.39 is 11.8 Å². The van der Waals surface area contributed by atoms with Gasteiger partial charge >= 0.3 is 11.8 Å². The minimum Gasteiger partial charge on any atom is -0.345 e. The molecule has 4 N–H and O–H groups in total. The molecule has 0 aliphatic heterocycles. The van der Waals surface area contributed by atoms with E-state index in [4.69, 9.17) is 0 Å². The van der Waals surface area contributed by atoms with E-state index in [0.717, 1.165) is 32.1 Å². The predicted molar refractivity (Wildman–Crippen MR) is 110 cm³/mol. The molecule has 1 aromatic carbocycles. The van der Waals surface area contributed by atoms with E-state index in [-0.39, 0.29) is 24.3 Å². The largest absolute Gasteiger partial charge is 0.345 e. The molecular formula is C20H27N5O4. The molecule has 1 aromatic rings. The third kappa shape index (κ3) is 7.73. The van der Waals surface area contributed by atoms with Crippen LogP contribution in [0.5, 0.6) is 0 Å². The van der Waals surface area contributed by atoms with Crippen molar-refractivity contribution in [1.29, 1.82) is 0 Å². The fourth-order valence-corrected chi connectivity index (χ4v) is 3.05. The second-order valence-corrected chi connectivity index (χ2v) is 7.05. The van der Waals surface area contributed by atoms with Gasteiger partial charge in [-0.2, -0.15) is 5.10 Å². The summed E-state index contributed by atoms with van der Waals surface area (Å²) in [6, 6.07) is 6.83. The number of nitrogens with zero attached hydrogens (tertiary/aromatic N) is 1. The van der Waals surface area contributed by atoms with Crippen molar-refractivity contribution in [2.45, 2.75) is 58.4 Å². The topological polar surface area (TPSA) is 129 Å². The number of hydrogen-bond acceptors (Lipinski definition) is 5. The van der Waals surface area contributed by atoms with E-state index in [9.17, 15) is 19.2 Å². The van der Waals surface area contributed by atoms with Crippen LogP contribution in [-0.4, -0.2) is 35.4 Å². The van der Waals surface area contributed by atoms with Gasteiger partial charge in [-0.1, -0.05) is 31.4 Å². The van der Waals surface area contributed by atoms with Crippen LogP contribution in [0, 0.1) is 0 Å². The normalized spacial score (nSPS) is 14.6. The molecule has 0 atom stereocenters. The SMILES string of the molecule is CC(=O)Nc1ccccc1NC(=O)C/C(C)=N\NC(=O)C(=O)NC1CCCCC1. The molecule has 9 nitrogen and oxygen atoms in total. The number of anilines is 2. The lowest BCUT2D eigenvalue weighted by molar-refractivity contribution is -0.139.